The van der Waals surface area contributed by atoms with Crippen molar-refractivity contribution < 1.29 is 4.79 Å². The number of nitrogens with one attached hydrogen (secondary N) is 1. The van der Waals surface area contributed by atoms with Gasteiger partial charge in [-0.3, -0.25) is 4.79 Å². The van der Waals surface area contributed by atoms with Gasteiger partial charge in [-0.15, -0.1) is 0 Å². The van der Waals surface area contributed by atoms with E-state index in [1.165, 1.54) is 27.6 Å². The van der Waals surface area contributed by atoms with Crippen molar-refractivity contribution in [3.63, 3.8) is 0 Å². The number of hydrogen-bond acceptors (Lipinski definition) is 2. The van der Waals surface area contributed by atoms with Crippen LogP contribution in [0.25, 0.3) is 10.8 Å². The Hall–Kier alpha value is -3.07. The zero-order valence-corrected chi connectivity index (χ0v) is 17.1. The molecule has 0 bridgehead atoms. The van der Waals surface area contributed by atoms with Crippen molar-refractivity contribution in [3.05, 3.63) is 89.5 Å². The lowest BCUT2D eigenvalue weighted by molar-refractivity contribution is 0.0792. The first-order valence-electron chi connectivity index (χ1n) is 11.1. The Morgan fingerprint density at radius 2 is 1.77 bits per heavy atom. The van der Waals surface area contributed by atoms with Crippen molar-refractivity contribution >= 4 is 22.4 Å². The summed E-state index contributed by atoms with van der Waals surface area (Å²) in [6.45, 7) is 1.79. The van der Waals surface area contributed by atoms with Crippen molar-refractivity contribution in [1.82, 2.24) is 4.90 Å². The molecule has 0 spiro atoms. The molecular weight excluding hydrogens is 368 g/mol. The quantitative estimate of drug-likeness (QED) is 0.549. The van der Waals surface area contributed by atoms with E-state index in [1.807, 2.05) is 11.0 Å². The molecule has 3 aromatic carbocycles. The topological polar surface area (TPSA) is 32.3 Å². The normalized spacial score (nSPS) is 24.5. The number of carbonyl (C=O) groups excluding carboxylic acids is 1. The highest BCUT2D eigenvalue weighted by Gasteiger charge is 2.38. The van der Waals surface area contributed by atoms with E-state index in [9.17, 15) is 4.79 Å². The summed E-state index contributed by atoms with van der Waals surface area (Å²) < 4.78 is 0. The Kier molecular flexibility index (Phi) is 4.15. The molecule has 2 aliphatic heterocycles. The van der Waals surface area contributed by atoms with Crippen LogP contribution in [0.1, 0.15) is 52.7 Å². The van der Waals surface area contributed by atoms with Crippen LogP contribution in [0.4, 0.5) is 5.69 Å². The molecule has 0 saturated carbocycles. The minimum atomic E-state index is 0.186. The van der Waals surface area contributed by atoms with Crippen molar-refractivity contribution in [3.8, 4) is 0 Å². The zero-order valence-electron chi connectivity index (χ0n) is 17.1. The van der Waals surface area contributed by atoms with E-state index in [-0.39, 0.29) is 11.9 Å². The maximum atomic E-state index is 12.9. The molecule has 0 radical (unpaired) electrons. The van der Waals surface area contributed by atoms with Crippen LogP contribution in [0.15, 0.2) is 72.8 Å². The number of amides is 1. The summed E-state index contributed by atoms with van der Waals surface area (Å²) in [7, 11) is 0. The van der Waals surface area contributed by atoms with Crippen molar-refractivity contribution in [2.45, 2.75) is 31.2 Å². The van der Waals surface area contributed by atoms with Gasteiger partial charge in [-0.05, 0) is 71.3 Å². The molecule has 2 heterocycles. The summed E-state index contributed by atoms with van der Waals surface area (Å²) in [5.41, 5.74) is 4.62. The zero-order chi connectivity index (χ0) is 20.1. The van der Waals surface area contributed by atoms with Gasteiger partial charge in [0.1, 0.15) is 0 Å². The summed E-state index contributed by atoms with van der Waals surface area (Å²) in [5.74, 6) is 1.03. The summed E-state index contributed by atoms with van der Waals surface area (Å²) in [6, 6.07) is 21.9. The number of likely N-dealkylation sites (tertiary alicyclic amines) is 1. The smallest absolute Gasteiger partial charge is 0.253 e. The Morgan fingerprint density at radius 3 is 2.63 bits per heavy atom. The molecular formula is C27H26N2O. The highest BCUT2D eigenvalue weighted by molar-refractivity contribution is 5.95. The van der Waals surface area contributed by atoms with Gasteiger partial charge in [0.15, 0.2) is 0 Å². The third kappa shape index (κ3) is 2.84. The van der Waals surface area contributed by atoms with Crippen molar-refractivity contribution in [2.75, 3.05) is 18.4 Å². The van der Waals surface area contributed by atoms with Crippen molar-refractivity contribution in [1.29, 1.82) is 0 Å². The van der Waals surface area contributed by atoms with E-state index >= 15 is 0 Å². The minimum absolute atomic E-state index is 0.186. The molecule has 3 heteroatoms. The standard InChI is InChI=1S/C27H26N2O/c30-27(29-14-3-4-15-29)21-12-13-25-24(17-21)22-8-5-9-23(22)26(28-25)20-11-10-18-6-1-2-7-19(18)16-20/h1-2,5-8,10-13,16-17,22-23,26,28H,3-4,9,14-15H2. The number of rotatable bonds is 2. The minimum Gasteiger partial charge on any atom is -0.378 e. The molecule has 1 fully saturated rings. The molecule has 0 aromatic heterocycles. The van der Waals surface area contributed by atoms with Gasteiger partial charge in [-0.2, -0.15) is 0 Å². The number of hydrogen-bond donors (Lipinski definition) is 1. The van der Waals surface area contributed by atoms with Gasteiger partial charge in [-0.25, -0.2) is 0 Å². The van der Waals surface area contributed by atoms with Crippen LogP contribution < -0.4 is 5.32 Å². The summed E-state index contributed by atoms with van der Waals surface area (Å²) in [4.78, 5) is 14.9. The second-order valence-corrected chi connectivity index (χ2v) is 8.88. The largest absolute Gasteiger partial charge is 0.378 e. The average Bonchev–Trinajstić information content (AvgIpc) is 3.50. The van der Waals surface area contributed by atoms with Crippen molar-refractivity contribution in [2.24, 2.45) is 5.92 Å². The lowest BCUT2D eigenvalue weighted by Crippen LogP contribution is -2.30. The van der Waals surface area contributed by atoms with Crippen LogP contribution >= 0.6 is 0 Å². The molecule has 3 atom stereocenters. The van der Waals surface area contributed by atoms with Crippen LogP contribution in [-0.2, 0) is 0 Å². The lowest BCUT2D eigenvalue weighted by Gasteiger charge is -2.38. The van der Waals surface area contributed by atoms with E-state index in [2.05, 4.69) is 72.1 Å². The van der Waals surface area contributed by atoms with Crippen LogP contribution in [0.2, 0.25) is 0 Å². The van der Waals surface area contributed by atoms with Gasteiger partial charge in [-0.1, -0.05) is 48.6 Å². The second-order valence-electron chi connectivity index (χ2n) is 8.88. The van der Waals surface area contributed by atoms with E-state index in [0.29, 0.717) is 11.8 Å². The molecule has 30 heavy (non-hydrogen) atoms. The fraction of sp³-hybridized carbons (Fsp3) is 0.296. The van der Waals surface area contributed by atoms with Gasteiger partial charge in [0, 0.05) is 30.3 Å². The van der Waals surface area contributed by atoms with E-state index in [1.54, 1.807) is 0 Å². The lowest BCUT2D eigenvalue weighted by atomic mass is 9.76. The number of nitrogens with zero attached hydrogens (tertiary/aromatic N) is 1. The molecule has 3 nitrogen and oxygen atoms in total. The van der Waals surface area contributed by atoms with Gasteiger partial charge in [0.2, 0.25) is 0 Å². The fourth-order valence-electron chi connectivity index (χ4n) is 5.56. The van der Waals surface area contributed by atoms with E-state index in [0.717, 1.165) is 37.9 Å². The monoisotopic (exact) mass is 394 g/mol. The first kappa shape index (κ1) is 17.8. The van der Waals surface area contributed by atoms with Gasteiger partial charge in [0.05, 0.1) is 6.04 Å². The molecule has 1 aliphatic carbocycles. The summed E-state index contributed by atoms with van der Waals surface area (Å²) >= 11 is 0. The summed E-state index contributed by atoms with van der Waals surface area (Å²) in [6.07, 6.45) is 7.98. The number of carbonyl (C=O) groups is 1. The molecule has 150 valence electrons. The van der Waals surface area contributed by atoms with E-state index in [4.69, 9.17) is 0 Å². The molecule has 3 unspecified atom stereocenters. The number of benzene rings is 3. The molecule has 1 amide bonds. The summed E-state index contributed by atoms with van der Waals surface area (Å²) in [5, 5.41) is 6.39. The van der Waals surface area contributed by atoms with Gasteiger partial charge >= 0.3 is 0 Å². The fourth-order valence-corrected chi connectivity index (χ4v) is 5.56. The molecule has 3 aliphatic rings. The maximum Gasteiger partial charge on any atom is 0.253 e. The Morgan fingerprint density at radius 1 is 0.933 bits per heavy atom. The highest BCUT2D eigenvalue weighted by atomic mass is 16.2. The van der Waals surface area contributed by atoms with Crippen LogP contribution in [-0.4, -0.2) is 23.9 Å². The molecule has 3 aromatic rings. The maximum absolute atomic E-state index is 12.9. The first-order chi connectivity index (χ1) is 14.8. The van der Waals surface area contributed by atoms with E-state index < -0.39 is 0 Å². The van der Waals surface area contributed by atoms with Crippen LogP contribution in [0.3, 0.4) is 0 Å². The Labute approximate surface area is 177 Å². The third-order valence-corrected chi connectivity index (χ3v) is 7.14. The molecule has 1 N–H and O–H groups in total. The number of anilines is 1. The second kappa shape index (κ2) is 7.02. The van der Waals surface area contributed by atoms with Crippen LogP contribution in [0, 0.1) is 5.92 Å². The Balaban J connectivity index is 1.37. The number of allylic oxidation sites excluding steroid dienone is 2. The first-order valence-corrected chi connectivity index (χ1v) is 11.1. The van der Waals surface area contributed by atoms with Gasteiger partial charge in [0.25, 0.3) is 5.91 Å². The predicted molar refractivity (Wildman–Crippen MR) is 122 cm³/mol. The highest BCUT2D eigenvalue weighted by Crippen LogP contribution is 2.50. The third-order valence-electron chi connectivity index (χ3n) is 7.14. The SMILES string of the molecule is O=C(c1ccc2c(c1)C1C=CCC1C(c1ccc3ccccc3c1)N2)N1CCCC1. The molecule has 1 saturated heterocycles. The average molecular weight is 395 g/mol. The van der Waals surface area contributed by atoms with Gasteiger partial charge < -0.3 is 10.2 Å². The molecule has 6 rings (SSSR count). The van der Waals surface area contributed by atoms with Crippen LogP contribution in [0.5, 0.6) is 0 Å². The predicted octanol–water partition coefficient (Wildman–Crippen LogP) is 5.90. The Bertz CT molecular complexity index is 1160. The number of fused-ring (bicyclic) bond motifs is 4.